The summed E-state index contributed by atoms with van der Waals surface area (Å²) < 4.78 is 3.59. The summed E-state index contributed by atoms with van der Waals surface area (Å²) in [4.78, 5) is 4.30. The van der Waals surface area contributed by atoms with Crippen LogP contribution in [-0.4, -0.2) is 35.8 Å². The second-order valence-electron chi connectivity index (χ2n) is 4.63. The number of aryl methyl sites for hydroxylation is 1. The molecule has 0 saturated heterocycles. The van der Waals surface area contributed by atoms with Crippen molar-refractivity contribution >= 4 is 11.0 Å². The Morgan fingerprint density at radius 2 is 2.16 bits per heavy atom. The van der Waals surface area contributed by atoms with Crippen LogP contribution in [0.3, 0.4) is 0 Å². The summed E-state index contributed by atoms with van der Waals surface area (Å²) in [5.74, 6) is 0. The zero-order valence-electron chi connectivity index (χ0n) is 10.6. The van der Waals surface area contributed by atoms with Gasteiger partial charge < -0.3 is 9.67 Å². The van der Waals surface area contributed by atoms with E-state index in [2.05, 4.69) is 15.3 Å². The van der Waals surface area contributed by atoms with Gasteiger partial charge in [-0.2, -0.15) is 0 Å². The predicted octanol–water partition coefficient (Wildman–Crippen LogP) is 0.768. The van der Waals surface area contributed by atoms with Gasteiger partial charge in [-0.15, -0.1) is 5.10 Å². The lowest BCUT2D eigenvalue weighted by atomic mass is 10.2. The van der Waals surface area contributed by atoms with E-state index in [1.165, 1.54) is 0 Å². The van der Waals surface area contributed by atoms with Crippen LogP contribution in [0.5, 0.6) is 0 Å². The van der Waals surface area contributed by atoms with Gasteiger partial charge in [-0.1, -0.05) is 17.3 Å². The number of imidazole rings is 1. The third-order valence-corrected chi connectivity index (χ3v) is 3.03. The molecule has 3 rings (SSSR count). The molecule has 0 aliphatic heterocycles. The average molecular weight is 257 g/mol. The van der Waals surface area contributed by atoms with Gasteiger partial charge in [0.05, 0.1) is 35.7 Å². The van der Waals surface area contributed by atoms with Crippen molar-refractivity contribution in [3.8, 4) is 0 Å². The molecule has 6 heteroatoms. The molecule has 0 fully saturated rings. The molecule has 0 aliphatic carbocycles. The van der Waals surface area contributed by atoms with Crippen molar-refractivity contribution in [2.45, 2.75) is 19.1 Å². The number of benzene rings is 1. The molecule has 98 valence electrons. The first-order chi connectivity index (χ1) is 9.22. The number of fused-ring (bicyclic) bond motifs is 1. The molecule has 6 nitrogen and oxygen atoms in total. The monoisotopic (exact) mass is 257 g/mol. The molecule has 3 aromatic rings. The number of aliphatic hydroxyl groups is 1. The first-order valence-corrected chi connectivity index (χ1v) is 6.15. The van der Waals surface area contributed by atoms with Crippen molar-refractivity contribution in [3.05, 3.63) is 42.5 Å². The Morgan fingerprint density at radius 1 is 1.32 bits per heavy atom. The van der Waals surface area contributed by atoms with Crippen LogP contribution in [0.25, 0.3) is 11.0 Å². The minimum absolute atomic E-state index is 0.486. The molecule has 1 atom stereocenters. The minimum atomic E-state index is -0.505. The number of aliphatic hydroxyl groups excluding tert-OH is 1. The summed E-state index contributed by atoms with van der Waals surface area (Å²) in [7, 11) is 1.81. The van der Waals surface area contributed by atoms with Crippen molar-refractivity contribution in [2.75, 3.05) is 0 Å². The van der Waals surface area contributed by atoms with E-state index in [0.29, 0.717) is 13.0 Å². The molecule has 0 saturated carbocycles. The molecule has 1 unspecified atom stereocenters. The Hall–Kier alpha value is -2.21. The van der Waals surface area contributed by atoms with E-state index in [1.807, 2.05) is 42.1 Å². The van der Waals surface area contributed by atoms with Crippen molar-refractivity contribution < 1.29 is 5.11 Å². The average Bonchev–Trinajstić information content (AvgIpc) is 2.97. The number of nitrogens with zero attached hydrogens (tertiary/aromatic N) is 5. The molecule has 1 aromatic carbocycles. The van der Waals surface area contributed by atoms with Gasteiger partial charge in [0, 0.05) is 19.7 Å². The van der Waals surface area contributed by atoms with Crippen LogP contribution in [0.15, 0.2) is 36.8 Å². The summed E-state index contributed by atoms with van der Waals surface area (Å²) in [6.07, 6.45) is 3.55. The van der Waals surface area contributed by atoms with Crippen LogP contribution >= 0.6 is 0 Å². The maximum Gasteiger partial charge on any atom is 0.0959 e. The highest BCUT2D eigenvalue weighted by molar-refractivity contribution is 5.74. The van der Waals surface area contributed by atoms with Crippen LogP contribution in [0.2, 0.25) is 0 Å². The van der Waals surface area contributed by atoms with Gasteiger partial charge in [0.15, 0.2) is 0 Å². The molecule has 0 bridgehead atoms. The van der Waals surface area contributed by atoms with E-state index in [4.69, 9.17) is 0 Å². The summed E-state index contributed by atoms with van der Waals surface area (Å²) in [6.45, 7) is 0.497. The number of aromatic nitrogens is 5. The van der Waals surface area contributed by atoms with Crippen molar-refractivity contribution in [1.82, 2.24) is 24.5 Å². The largest absolute Gasteiger partial charge is 0.391 e. The van der Waals surface area contributed by atoms with Crippen LogP contribution in [0.1, 0.15) is 5.69 Å². The SMILES string of the molecule is Cn1cc(CC(O)Cn2cnc3ccccc32)nn1. The topological polar surface area (TPSA) is 68.8 Å². The third kappa shape index (κ3) is 2.48. The maximum absolute atomic E-state index is 10.1. The van der Waals surface area contributed by atoms with E-state index in [0.717, 1.165) is 16.7 Å². The summed E-state index contributed by atoms with van der Waals surface area (Å²) >= 11 is 0. The molecule has 1 N–H and O–H groups in total. The van der Waals surface area contributed by atoms with E-state index >= 15 is 0 Å². The Balaban J connectivity index is 1.74. The first-order valence-electron chi connectivity index (χ1n) is 6.15. The Kier molecular flexibility index (Phi) is 3.00. The van der Waals surface area contributed by atoms with E-state index < -0.39 is 6.10 Å². The van der Waals surface area contributed by atoms with Gasteiger partial charge in [-0.3, -0.25) is 4.68 Å². The molecule has 0 amide bonds. The molecule has 19 heavy (non-hydrogen) atoms. The second-order valence-corrected chi connectivity index (χ2v) is 4.63. The summed E-state index contributed by atoms with van der Waals surface area (Å²) in [5.41, 5.74) is 2.76. The van der Waals surface area contributed by atoms with Crippen LogP contribution in [-0.2, 0) is 20.0 Å². The number of para-hydroxylation sites is 2. The number of hydrogen-bond acceptors (Lipinski definition) is 4. The lowest BCUT2D eigenvalue weighted by Crippen LogP contribution is -2.18. The molecular weight excluding hydrogens is 242 g/mol. The van der Waals surface area contributed by atoms with Gasteiger partial charge in [-0.05, 0) is 12.1 Å². The Labute approximate surface area is 110 Å². The normalized spacial score (nSPS) is 12.9. The van der Waals surface area contributed by atoms with Crippen LogP contribution in [0, 0.1) is 0 Å². The van der Waals surface area contributed by atoms with Gasteiger partial charge in [0.1, 0.15) is 0 Å². The van der Waals surface area contributed by atoms with Crippen molar-refractivity contribution in [1.29, 1.82) is 0 Å². The Morgan fingerprint density at radius 3 is 2.95 bits per heavy atom. The molecule has 2 heterocycles. The van der Waals surface area contributed by atoms with Gasteiger partial charge in [0.25, 0.3) is 0 Å². The molecule has 0 radical (unpaired) electrons. The van der Waals surface area contributed by atoms with E-state index in [9.17, 15) is 5.11 Å². The highest BCUT2D eigenvalue weighted by Gasteiger charge is 2.11. The lowest BCUT2D eigenvalue weighted by Gasteiger charge is -2.10. The summed E-state index contributed by atoms with van der Waals surface area (Å²) in [5, 5.41) is 17.9. The van der Waals surface area contributed by atoms with E-state index in [1.54, 1.807) is 11.0 Å². The fraction of sp³-hybridized carbons (Fsp3) is 0.308. The minimum Gasteiger partial charge on any atom is -0.391 e. The second kappa shape index (κ2) is 4.81. The maximum atomic E-state index is 10.1. The number of rotatable bonds is 4. The summed E-state index contributed by atoms with van der Waals surface area (Å²) in [6, 6.07) is 7.88. The highest BCUT2D eigenvalue weighted by Crippen LogP contribution is 2.13. The standard InChI is InChI=1S/C13H15N5O/c1-17-7-10(15-16-17)6-11(19)8-18-9-14-12-4-2-3-5-13(12)18/h2-5,7,9,11,19H,6,8H2,1H3. The zero-order valence-corrected chi connectivity index (χ0v) is 10.6. The smallest absolute Gasteiger partial charge is 0.0959 e. The third-order valence-electron chi connectivity index (χ3n) is 3.03. The number of hydrogen-bond donors (Lipinski definition) is 1. The van der Waals surface area contributed by atoms with Gasteiger partial charge in [0.2, 0.25) is 0 Å². The van der Waals surface area contributed by atoms with Crippen LogP contribution < -0.4 is 0 Å². The fourth-order valence-electron chi connectivity index (χ4n) is 2.18. The molecule has 0 aliphatic rings. The quantitative estimate of drug-likeness (QED) is 0.749. The molecule has 2 aromatic heterocycles. The first kappa shape index (κ1) is 11.9. The van der Waals surface area contributed by atoms with E-state index in [-0.39, 0.29) is 0 Å². The van der Waals surface area contributed by atoms with Crippen molar-refractivity contribution in [2.24, 2.45) is 7.05 Å². The lowest BCUT2D eigenvalue weighted by molar-refractivity contribution is 0.154. The Bertz CT molecular complexity index is 687. The fourth-order valence-corrected chi connectivity index (χ4v) is 2.18. The zero-order chi connectivity index (χ0) is 13.2. The molecule has 0 spiro atoms. The predicted molar refractivity (Wildman–Crippen MR) is 70.4 cm³/mol. The van der Waals surface area contributed by atoms with Crippen molar-refractivity contribution in [3.63, 3.8) is 0 Å². The van der Waals surface area contributed by atoms with Crippen LogP contribution in [0.4, 0.5) is 0 Å². The van der Waals surface area contributed by atoms with Gasteiger partial charge >= 0.3 is 0 Å². The molecular formula is C13H15N5O. The highest BCUT2D eigenvalue weighted by atomic mass is 16.3. The van der Waals surface area contributed by atoms with Gasteiger partial charge in [-0.25, -0.2) is 4.98 Å².